The minimum Gasteiger partial charge on any atom is -0.155 e. The highest BCUT2D eigenvalue weighted by atomic mass is 32.2. The van der Waals surface area contributed by atoms with E-state index in [0.717, 1.165) is 12.8 Å². The molecule has 0 nitrogen and oxygen atoms in total. The molecule has 0 saturated heterocycles. The van der Waals surface area contributed by atoms with Crippen LogP contribution in [0.15, 0.2) is 43.0 Å². The standard InChI is InChI=1S/C15H22S/c1-4-12-15(3,16-5-2)13-11-14-9-7-6-8-10-14/h4,6-10H,1,5,11-13H2,2-3H3. The third-order valence-electron chi connectivity index (χ3n) is 2.85. The summed E-state index contributed by atoms with van der Waals surface area (Å²) < 4.78 is 0.354. The van der Waals surface area contributed by atoms with Gasteiger partial charge in [-0.25, -0.2) is 0 Å². The second kappa shape index (κ2) is 6.80. The minimum absolute atomic E-state index is 0.354. The van der Waals surface area contributed by atoms with Crippen molar-refractivity contribution in [1.29, 1.82) is 0 Å². The molecule has 0 radical (unpaired) electrons. The number of thioether (sulfide) groups is 1. The maximum Gasteiger partial charge on any atom is 0.0169 e. The Balaban J connectivity index is 2.53. The molecule has 0 spiro atoms. The van der Waals surface area contributed by atoms with E-state index in [1.54, 1.807) is 0 Å². The topological polar surface area (TPSA) is 0 Å². The van der Waals surface area contributed by atoms with E-state index >= 15 is 0 Å². The molecule has 0 aliphatic heterocycles. The van der Waals surface area contributed by atoms with Gasteiger partial charge in [-0.2, -0.15) is 11.8 Å². The van der Waals surface area contributed by atoms with Gasteiger partial charge < -0.3 is 0 Å². The van der Waals surface area contributed by atoms with E-state index in [-0.39, 0.29) is 0 Å². The number of aryl methyl sites for hydroxylation is 1. The molecule has 0 heterocycles. The lowest BCUT2D eigenvalue weighted by Gasteiger charge is -2.27. The first-order valence-electron chi connectivity index (χ1n) is 5.99. The van der Waals surface area contributed by atoms with Crippen LogP contribution in [0.1, 0.15) is 32.3 Å². The van der Waals surface area contributed by atoms with Crippen molar-refractivity contribution in [2.24, 2.45) is 0 Å². The van der Waals surface area contributed by atoms with Crippen LogP contribution in [0.25, 0.3) is 0 Å². The first kappa shape index (κ1) is 13.4. The molecule has 0 fully saturated rings. The Hall–Kier alpha value is -0.690. The maximum atomic E-state index is 3.87. The summed E-state index contributed by atoms with van der Waals surface area (Å²) in [5.74, 6) is 1.18. The van der Waals surface area contributed by atoms with Crippen LogP contribution in [0, 0.1) is 0 Å². The largest absolute Gasteiger partial charge is 0.155 e. The molecular formula is C15H22S. The molecule has 1 aromatic rings. The molecule has 1 unspecified atom stereocenters. The van der Waals surface area contributed by atoms with Gasteiger partial charge in [0, 0.05) is 4.75 Å². The fourth-order valence-corrected chi connectivity index (χ4v) is 3.12. The van der Waals surface area contributed by atoms with Gasteiger partial charge in [0.1, 0.15) is 0 Å². The van der Waals surface area contributed by atoms with Crippen LogP contribution in [-0.4, -0.2) is 10.5 Å². The van der Waals surface area contributed by atoms with Crippen LogP contribution >= 0.6 is 11.8 Å². The molecule has 0 aromatic heterocycles. The number of benzene rings is 1. The summed E-state index contributed by atoms with van der Waals surface area (Å²) >= 11 is 2.05. The number of rotatable bonds is 7. The lowest BCUT2D eigenvalue weighted by molar-refractivity contribution is 0.594. The molecule has 0 aliphatic rings. The first-order chi connectivity index (χ1) is 7.70. The van der Waals surface area contributed by atoms with Crippen molar-refractivity contribution in [3.8, 4) is 0 Å². The van der Waals surface area contributed by atoms with Crippen LogP contribution in [0.4, 0.5) is 0 Å². The molecule has 0 saturated carbocycles. The van der Waals surface area contributed by atoms with Gasteiger partial charge in [-0.15, -0.1) is 6.58 Å². The summed E-state index contributed by atoms with van der Waals surface area (Å²) in [6.07, 6.45) is 5.53. The summed E-state index contributed by atoms with van der Waals surface area (Å²) in [6, 6.07) is 10.7. The summed E-state index contributed by atoms with van der Waals surface area (Å²) in [5, 5.41) is 0. The van der Waals surface area contributed by atoms with Gasteiger partial charge >= 0.3 is 0 Å². The van der Waals surface area contributed by atoms with Gasteiger partial charge in [0.25, 0.3) is 0 Å². The van der Waals surface area contributed by atoms with Crippen molar-refractivity contribution in [1.82, 2.24) is 0 Å². The molecule has 1 aromatic carbocycles. The molecule has 88 valence electrons. The van der Waals surface area contributed by atoms with Crippen molar-refractivity contribution in [3.63, 3.8) is 0 Å². The second-order valence-corrected chi connectivity index (χ2v) is 6.21. The van der Waals surface area contributed by atoms with Crippen molar-refractivity contribution in [2.75, 3.05) is 5.75 Å². The van der Waals surface area contributed by atoms with Gasteiger partial charge in [-0.1, -0.05) is 50.3 Å². The Kier molecular flexibility index (Phi) is 5.68. The van der Waals surface area contributed by atoms with E-state index in [2.05, 4.69) is 62.5 Å². The minimum atomic E-state index is 0.354. The van der Waals surface area contributed by atoms with E-state index in [4.69, 9.17) is 0 Å². The Morgan fingerprint density at radius 2 is 2.00 bits per heavy atom. The third-order valence-corrected chi connectivity index (χ3v) is 4.21. The van der Waals surface area contributed by atoms with Crippen LogP contribution in [0.2, 0.25) is 0 Å². The number of hydrogen-bond acceptors (Lipinski definition) is 1. The molecular weight excluding hydrogens is 212 g/mol. The predicted molar refractivity (Wildman–Crippen MR) is 76.1 cm³/mol. The van der Waals surface area contributed by atoms with E-state index in [1.807, 2.05) is 6.08 Å². The Morgan fingerprint density at radius 3 is 2.56 bits per heavy atom. The zero-order chi connectivity index (χ0) is 11.9. The van der Waals surface area contributed by atoms with Crippen LogP contribution < -0.4 is 0 Å². The van der Waals surface area contributed by atoms with E-state index in [1.165, 1.54) is 17.7 Å². The van der Waals surface area contributed by atoms with Crippen LogP contribution in [-0.2, 0) is 6.42 Å². The first-order valence-corrected chi connectivity index (χ1v) is 6.97. The Bertz CT molecular complexity index is 304. The molecule has 1 atom stereocenters. The second-order valence-electron chi connectivity index (χ2n) is 4.36. The molecule has 1 heteroatoms. The molecule has 0 amide bonds. The summed E-state index contributed by atoms with van der Waals surface area (Å²) in [5.41, 5.74) is 1.44. The van der Waals surface area contributed by atoms with Crippen molar-refractivity contribution >= 4 is 11.8 Å². The molecule has 0 aliphatic carbocycles. The van der Waals surface area contributed by atoms with Crippen LogP contribution in [0.3, 0.4) is 0 Å². The fourth-order valence-electron chi connectivity index (χ4n) is 1.94. The van der Waals surface area contributed by atoms with Crippen molar-refractivity contribution in [3.05, 3.63) is 48.6 Å². The molecule has 0 bridgehead atoms. The Labute approximate surface area is 104 Å². The third kappa shape index (κ3) is 4.44. The highest BCUT2D eigenvalue weighted by Gasteiger charge is 2.21. The summed E-state index contributed by atoms with van der Waals surface area (Å²) in [7, 11) is 0. The van der Waals surface area contributed by atoms with Gasteiger partial charge in [-0.3, -0.25) is 0 Å². The van der Waals surface area contributed by atoms with Gasteiger partial charge in [0.05, 0.1) is 0 Å². The van der Waals surface area contributed by atoms with Gasteiger partial charge in [0.2, 0.25) is 0 Å². The molecule has 1 rings (SSSR count). The highest BCUT2D eigenvalue weighted by Crippen LogP contribution is 2.33. The van der Waals surface area contributed by atoms with E-state index in [0.29, 0.717) is 4.75 Å². The quantitative estimate of drug-likeness (QED) is 0.616. The SMILES string of the molecule is C=CCC(C)(CCc1ccccc1)SCC. The van der Waals surface area contributed by atoms with Gasteiger partial charge in [-0.05, 0) is 30.6 Å². The monoisotopic (exact) mass is 234 g/mol. The van der Waals surface area contributed by atoms with Crippen molar-refractivity contribution < 1.29 is 0 Å². The predicted octanol–water partition coefficient (Wildman–Crippen LogP) is 4.71. The highest BCUT2D eigenvalue weighted by molar-refractivity contribution is 8.00. The molecule has 0 N–H and O–H groups in total. The lowest BCUT2D eigenvalue weighted by atomic mass is 9.97. The number of hydrogen-bond donors (Lipinski definition) is 0. The van der Waals surface area contributed by atoms with E-state index in [9.17, 15) is 0 Å². The lowest BCUT2D eigenvalue weighted by Crippen LogP contribution is -2.20. The normalized spacial score (nSPS) is 14.4. The van der Waals surface area contributed by atoms with E-state index < -0.39 is 0 Å². The average Bonchev–Trinajstić information content (AvgIpc) is 2.29. The number of allylic oxidation sites excluding steroid dienone is 1. The summed E-state index contributed by atoms with van der Waals surface area (Å²) in [6.45, 7) is 8.45. The van der Waals surface area contributed by atoms with Gasteiger partial charge in [0.15, 0.2) is 0 Å². The Morgan fingerprint density at radius 1 is 1.31 bits per heavy atom. The zero-order valence-electron chi connectivity index (χ0n) is 10.4. The summed E-state index contributed by atoms with van der Waals surface area (Å²) in [4.78, 5) is 0. The molecule has 16 heavy (non-hydrogen) atoms. The van der Waals surface area contributed by atoms with Crippen molar-refractivity contribution in [2.45, 2.75) is 37.9 Å². The maximum absolute atomic E-state index is 3.87. The zero-order valence-corrected chi connectivity index (χ0v) is 11.2. The fraction of sp³-hybridized carbons (Fsp3) is 0.467. The van der Waals surface area contributed by atoms with Crippen LogP contribution in [0.5, 0.6) is 0 Å². The smallest absolute Gasteiger partial charge is 0.0169 e. The average molecular weight is 234 g/mol.